The van der Waals surface area contributed by atoms with Crippen molar-refractivity contribution in [3.05, 3.63) is 95.7 Å². The fourth-order valence-electron chi connectivity index (χ4n) is 5.07. The molecule has 4 aromatic rings. The number of carbonyl (C=O) groups excluding carboxylic acids is 1. The van der Waals surface area contributed by atoms with E-state index >= 15 is 0 Å². The molecule has 5 rings (SSSR count). The monoisotopic (exact) mass is 494 g/mol. The lowest BCUT2D eigenvalue weighted by Crippen LogP contribution is -2.34. The molecule has 1 fully saturated rings. The van der Waals surface area contributed by atoms with E-state index < -0.39 is 17.3 Å². The molecule has 3 aromatic carbocycles. The summed E-state index contributed by atoms with van der Waals surface area (Å²) in [7, 11) is 0. The number of benzene rings is 3. The second-order valence-corrected chi connectivity index (χ2v) is 9.69. The quantitative estimate of drug-likeness (QED) is 0.299. The summed E-state index contributed by atoms with van der Waals surface area (Å²) in [5.74, 6) is -0.590. The molecule has 1 heterocycles. The summed E-state index contributed by atoms with van der Waals surface area (Å²) in [5, 5.41) is 13.7. The van der Waals surface area contributed by atoms with E-state index in [1.807, 2.05) is 99.6 Å². The first kappa shape index (κ1) is 24.5. The van der Waals surface area contributed by atoms with Crippen molar-refractivity contribution in [3.8, 4) is 22.5 Å². The fourth-order valence-corrected chi connectivity index (χ4v) is 5.07. The lowest BCUT2D eigenvalue weighted by atomic mass is 9.92. The van der Waals surface area contributed by atoms with E-state index in [1.54, 1.807) is 4.90 Å². The molecule has 188 valence electrons. The van der Waals surface area contributed by atoms with Crippen molar-refractivity contribution < 1.29 is 19.2 Å². The summed E-state index contributed by atoms with van der Waals surface area (Å²) in [4.78, 5) is 26.9. The van der Waals surface area contributed by atoms with Gasteiger partial charge in [-0.3, -0.25) is 9.59 Å². The van der Waals surface area contributed by atoms with Gasteiger partial charge in [0.15, 0.2) is 5.76 Å². The maximum Gasteiger partial charge on any atom is 0.314 e. The summed E-state index contributed by atoms with van der Waals surface area (Å²) in [6.07, 6.45) is 1.38. The van der Waals surface area contributed by atoms with Crippen LogP contribution >= 0.6 is 0 Å². The molecule has 37 heavy (non-hydrogen) atoms. The SMILES string of the molecule is CCN(C(=O)C(C)c1c(C)noc1-c1ccc(-c2ccc(C3(C(=O)O)CC3)cc2)cc1)c1ccccc1. The molecule has 0 spiro atoms. The largest absolute Gasteiger partial charge is 0.481 e. The Kier molecular flexibility index (Phi) is 6.42. The Morgan fingerprint density at radius 3 is 2.05 bits per heavy atom. The first-order valence-electron chi connectivity index (χ1n) is 12.6. The fraction of sp³-hybridized carbons (Fsp3) is 0.258. The minimum absolute atomic E-state index is 0.00671. The normalized spacial score (nSPS) is 14.7. The van der Waals surface area contributed by atoms with E-state index in [1.165, 1.54) is 0 Å². The molecule has 1 aliphatic carbocycles. The van der Waals surface area contributed by atoms with Crippen molar-refractivity contribution in [2.75, 3.05) is 11.4 Å². The maximum atomic E-state index is 13.5. The Labute approximate surface area is 216 Å². The highest BCUT2D eigenvalue weighted by atomic mass is 16.5. The molecule has 0 aliphatic heterocycles. The number of aliphatic carboxylic acids is 1. The number of hydrogen-bond donors (Lipinski definition) is 1. The van der Waals surface area contributed by atoms with E-state index in [2.05, 4.69) is 5.16 Å². The van der Waals surface area contributed by atoms with Crippen LogP contribution in [0.5, 0.6) is 0 Å². The van der Waals surface area contributed by atoms with Crippen molar-refractivity contribution in [2.45, 2.75) is 44.9 Å². The van der Waals surface area contributed by atoms with Crippen molar-refractivity contribution in [1.82, 2.24) is 5.16 Å². The molecule has 1 aromatic heterocycles. The molecule has 0 radical (unpaired) electrons. The third-order valence-corrected chi connectivity index (χ3v) is 7.44. The first-order valence-corrected chi connectivity index (χ1v) is 12.6. The Morgan fingerprint density at radius 1 is 0.946 bits per heavy atom. The summed E-state index contributed by atoms with van der Waals surface area (Å²) >= 11 is 0. The van der Waals surface area contributed by atoms with Gasteiger partial charge in [0.1, 0.15) is 0 Å². The standard InChI is InChI=1S/C31H30N2O4/c1-4-33(26-8-6-5-7-9-26)29(34)20(2)27-21(3)32-37-28(27)24-12-10-22(11-13-24)23-14-16-25(17-15-23)31(18-19-31)30(35)36/h5-17,20H,4,18-19H2,1-3H3,(H,35,36). The predicted molar refractivity (Wildman–Crippen MR) is 144 cm³/mol. The predicted octanol–water partition coefficient (Wildman–Crippen LogP) is 6.59. The summed E-state index contributed by atoms with van der Waals surface area (Å²) in [6.45, 7) is 6.30. The molecule has 0 saturated heterocycles. The van der Waals surface area contributed by atoms with E-state index in [4.69, 9.17) is 4.52 Å². The molecule has 1 N–H and O–H groups in total. The van der Waals surface area contributed by atoms with Crippen LogP contribution in [0.2, 0.25) is 0 Å². The molecule has 6 nitrogen and oxygen atoms in total. The highest BCUT2D eigenvalue weighted by molar-refractivity contribution is 5.98. The minimum Gasteiger partial charge on any atom is -0.481 e. The van der Waals surface area contributed by atoms with Crippen LogP contribution in [0.15, 0.2) is 83.4 Å². The Balaban J connectivity index is 1.39. The number of likely N-dealkylation sites (N-methyl/N-ethyl adjacent to an activating group) is 1. The summed E-state index contributed by atoms with van der Waals surface area (Å²) in [5.41, 5.74) is 5.38. The number of aryl methyl sites for hydroxylation is 1. The number of carboxylic acid groups (broad SMARTS) is 1. The van der Waals surface area contributed by atoms with Gasteiger partial charge < -0.3 is 14.5 Å². The second-order valence-electron chi connectivity index (χ2n) is 9.69. The zero-order chi connectivity index (χ0) is 26.2. The van der Waals surface area contributed by atoms with E-state index in [0.29, 0.717) is 30.8 Å². The molecular formula is C31H30N2O4. The van der Waals surface area contributed by atoms with Crippen LogP contribution in [0.25, 0.3) is 22.5 Å². The smallest absolute Gasteiger partial charge is 0.314 e. The molecule has 0 bridgehead atoms. The molecular weight excluding hydrogens is 464 g/mol. The first-order chi connectivity index (χ1) is 17.9. The van der Waals surface area contributed by atoms with Crippen LogP contribution < -0.4 is 4.90 Å². The topological polar surface area (TPSA) is 83.6 Å². The van der Waals surface area contributed by atoms with E-state index in [9.17, 15) is 14.7 Å². The number of amides is 1. The highest BCUT2D eigenvalue weighted by Gasteiger charge is 2.51. The van der Waals surface area contributed by atoms with Gasteiger partial charge in [-0.2, -0.15) is 0 Å². The van der Waals surface area contributed by atoms with Crippen LogP contribution in [0.4, 0.5) is 5.69 Å². The van der Waals surface area contributed by atoms with Crippen molar-refractivity contribution in [1.29, 1.82) is 0 Å². The van der Waals surface area contributed by atoms with Gasteiger partial charge in [0.25, 0.3) is 0 Å². The molecule has 1 amide bonds. The number of rotatable bonds is 8. The molecule has 1 aliphatic rings. The Bertz CT molecular complexity index is 1420. The Morgan fingerprint density at radius 2 is 1.51 bits per heavy atom. The van der Waals surface area contributed by atoms with Gasteiger partial charge >= 0.3 is 5.97 Å². The van der Waals surface area contributed by atoms with Gasteiger partial charge in [-0.05, 0) is 62.4 Å². The zero-order valence-electron chi connectivity index (χ0n) is 21.3. The third-order valence-electron chi connectivity index (χ3n) is 7.44. The average molecular weight is 495 g/mol. The highest BCUT2D eigenvalue weighted by Crippen LogP contribution is 2.48. The van der Waals surface area contributed by atoms with Crippen molar-refractivity contribution >= 4 is 17.6 Å². The average Bonchev–Trinajstić information content (AvgIpc) is 3.66. The lowest BCUT2D eigenvalue weighted by molar-refractivity contribution is -0.140. The van der Waals surface area contributed by atoms with Crippen LogP contribution in [0.1, 0.15) is 49.4 Å². The summed E-state index contributed by atoms with van der Waals surface area (Å²) in [6, 6.07) is 25.4. The third kappa shape index (κ3) is 4.44. The molecule has 1 saturated carbocycles. The Hall–Kier alpha value is -4.19. The number of hydrogen-bond acceptors (Lipinski definition) is 4. The molecule has 6 heteroatoms. The van der Waals surface area contributed by atoms with Gasteiger partial charge in [0.2, 0.25) is 5.91 Å². The van der Waals surface area contributed by atoms with Gasteiger partial charge in [0, 0.05) is 23.4 Å². The minimum atomic E-state index is -0.749. The number of carboxylic acids is 1. The number of aromatic nitrogens is 1. The number of carbonyl (C=O) groups is 2. The van der Waals surface area contributed by atoms with Crippen LogP contribution in [-0.4, -0.2) is 28.7 Å². The lowest BCUT2D eigenvalue weighted by Gasteiger charge is -2.24. The summed E-state index contributed by atoms with van der Waals surface area (Å²) < 4.78 is 5.72. The van der Waals surface area contributed by atoms with Gasteiger partial charge in [-0.25, -0.2) is 0 Å². The van der Waals surface area contributed by atoms with E-state index in [-0.39, 0.29) is 5.91 Å². The molecule has 1 unspecified atom stereocenters. The van der Waals surface area contributed by atoms with Gasteiger partial charge in [-0.1, -0.05) is 71.9 Å². The van der Waals surface area contributed by atoms with Crippen molar-refractivity contribution in [3.63, 3.8) is 0 Å². The van der Waals surface area contributed by atoms with Crippen LogP contribution in [-0.2, 0) is 15.0 Å². The number of nitrogens with zero attached hydrogens (tertiary/aromatic N) is 2. The zero-order valence-corrected chi connectivity index (χ0v) is 21.3. The van der Waals surface area contributed by atoms with Crippen molar-refractivity contribution in [2.24, 2.45) is 0 Å². The van der Waals surface area contributed by atoms with Crippen LogP contribution in [0, 0.1) is 6.92 Å². The van der Waals surface area contributed by atoms with Gasteiger partial charge in [0.05, 0.1) is 17.0 Å². The number of anilines is 1. The second kappa shape index (κ2) is 9.69. The maximum absolute atomic E-state index is 13.5. The van der Waals surface area contributed by atoms with Crippen LogP contribution in [0.3, 0.4) is 0 Å². The molecule has 1 atom stereocenters. The van der Waals surface area contributed by atoms with E-state index in [0.717, 1.165) is 33.5 Å². The van der Waals surface area contributed by atoms with Gasteiger partial charge in [-0.15, -0.1) is 0 Å². The number of para-hydroxylation sites is 1.